The number of aromatic nitrogens is 1. The fourth-order valence-corrected chi connectivity index (χ4v) is 5.31. The van der Waals surface area contributed by atoms with E-state index in [0.29, 0.717) is 5.92 Å². The van der Waals surface area contributed by atoms with Crippen LogP contribution in [0.15, 0.2) is 24.3 Å². The Labute approximate surface area is 153 Å². The standard InChI is InChI=1S/C21H32N2OSi/c1-25(2,3)14-13-24-16-23-20-9-5-4-8-18(20)19-10-12-22-11-6-7-17(15-22)21(19)23/h4-5,8-9,17H,6-7,10-16H2,1-3H3. The lowest BCUT2D eigenvalue weighted by Crippen LogP contribution is -2.34. The van der Waals surface area contributed by atoms with Crippen molar-refractivity contribution in [3.63, 3.8) is 0 Å². The highest BCUT2D eigenvalue weighted by molar-refractivity contribution is 6.76. The molecule has 2 aliphatic heterocycles. The summed E-state index contributed by atoms with van der Waals surface area (Å²) in [5.41, 5.74) is 4.55. The summed E-state index contributed by atoms with van der Waals surface area (Å²) < 4.78 is 8.70. The Hall–Kier alpha value is -1.10. The van der Waals surface area contributed by atoms with Gasteiger partial charge < -0.3 is 14.2 Å². The van der Waals surface area contributed by atoms with E-state index in [1.807, 2.05) is 0 Å². The molecule has 25 heavy (non-hydrogen) atoms. The lowest BCUT2D eigenvalue weighted by Gasteiger charge is -2.31. The van der Waals surface area contributed by atoms with Crippen LogP contribution in [0.4, 0.5) is 0 Å². The first-order valence-electron chi connectivity index (χ1n) is 9.93. The van der Waals surface area contributed by atoms with E-state index in [2.05, 4.69) is 53.4 Å². The van der Waals surface area contributed by atoms with E-state index in [9.17, 15) is 0 Å². The van der Waals surface area contributed by atoms with Gasteiger partial charge in [-0.3, -0.25) is 0 Å². The van der Waals surface area contributed by atoms with Gasteiger partial charge in [-0.2, -0.15) is 0 Å². The third kappa shape index (κ3) is 3.57. The van der Waals surface area contributed by atoms with Crippen molar-refractivity contribution in [2.24, 2.45) is 0 Å². The number of hydrogen-bond donors (Lipinski definition) is 0. The molecule has 3 heterocycles. The molecule has 1 fully saturated rings. The monoisotopic (exact) mass is 356 g/mol. The highest BCUT2D eigenvalue weighted by Gasteiger charge is 2.31. The molecule has 2 atom stereocenters. The van der Waals surface area contributed by atoms with Crippen molar-refractivity contribution in [3.05, 3.63) is 35.5 Å². The van der Waals surface area contributed by atoms with Gasteiger partial charge in [-0.15, -0.1) is 0 Å². The predicted molar refractivity (Wildman–Crippen MR) is 108 cm³/mol. The Morgan fingerprint density at radius 3 is 2.84 bits per heavy atom. The number of piperidine rings is 1. The zero-order valence-electron chi connectivity index (χ0n) is 16.1. The van der Waals surface area contributed by atoms with Crippen LogP contribution in [0, 0.1) is 0 Å². The average Bonchev–Trinajstić information content (AvgIpc) is 2.83. The Kier molecular flexibility index (Phi) is 4.78. The summed E-state index contributed by atoms with van der Waals surface area (Å²) in [6.07, 6.45) is 3.85. The van der Waals surface area contributed by atoms with E-state index in [4.69, 9.17) is 4.74 Å². The normalized spacial score (nSPS) is 23.5. The van der Waals surface area contributed by atoms with Crippen LogP contribution in [-0.4, -0.2) is 43.8 Å². The third-order valence-corrected chi connectivity index (χ3v) is 7.61. The van der Waals surface area contributed by atoms with Crippen LogP contribution >= 0.6 is 0 Å². The van der Waals surface area contributed by atoms with Gasteiger partial charge in [0, 0.05) is 44.8 Å². The molecule has 0 N–H and O–H groups in total. The van der Waals surface area contributed by atoms with Crippen LogP contribution < -0.4 is 0 Å². The molecule has 1 aromatic heterocycles. The number of fused-ring (bicyclic) bond motifs is 6. The van der Waals surface area contributed by atoms with Gasteiger partial charge in [0.15, 0.2) is 0 Å². The molecule has 3 nitrogen and oxygen atoms in total. The highest BCUT2D eigenvalue weighted by atomic mass is 28.3. The van der Waals surface area contributed by atoms with Crippen LogP contribution in [0.1, 0.15) is 30.0 Å². The van der Waals surface area contributed by atoms with Crippen LogP contribution in [0.25, 0.3) is 10.9 Å². The van der Waals surface area contributed by atoms with Crippen molar-refractivity contribution < 1.29 is 4.74 Å². The predicted octanol–water partition coefficient (Wildman–Crippen LogP) is 4.69. The maximum atomic E-state index is 6.19. The van der Waals surface area contributed by atoms with Gasteiger partial charge >= 0.3 is 0 Å². The zero-order chi connectivity index (χ0) is 17.4. The lowest BCUT2D eigenvalue weighted by atomic mass is 9.93. The van der Waals surface area contributed by atoms with Gasteiger partial charge in [0.05, 0.1) is 5.52 Å². The molecule has 4 rings (SSSR count). The summed E-state index contributed by atoms with van der Waals surface area (Å²) in [4.78, 5) is 2.67. The largest absolute Gasteiger partial charge is 0.361 e. The molecule has 136 valence electrons. The molecule has 1 saturated heterocycles. The number of benzene rings is 1. The second-order valence-corrected chi connectivity index (χ2v) is 14.7. The average molecular weight is 357 g/mol. The van der Waals surface area contributed by atoms with Gasteiger partial charge in [-0.1, -0.05) is 37.8 Å². The number of para-hydroxylation sites is 1. The third-order valence-electron chi connectivity index (χ3n) is 5.91. The van der Waals surface area contributed by atoms with Crippen LogP contribution in [0.3, 0.4) is 0 Å². The maximum Gasteiger partial charge on any atom is 0.123 e. The maximum absolute atomic E-state index is 6.19. The summed E-state index contributed by atoms with van der Waals surface area (Å²) in [5.74, 6) is 0.680. The first kappa shape index (κ1) is 17.3. The Balaban J connectivity index is 1.66. The quantitative estimate of drug-likeness (QED) is 0.571. The van der Waals surface area contributed by atoms with Gasteiger partial charge in [-0.05, 0) is 43.5 Å². The summed E-state index contributed by atoms with van der Waals surface area (Å²) in [7, 11) is -1.03. The Morgan fingerprint density at radius 2 is 2.00 bits per heavy atom. The summed E-state index contributed by atoms with van der Waals surface area (Å²) >= 11 is 0. The van der Waals surface area contributed by atoms with E-state index in [1.165, 1.54) is 55.8 Å². The number of nitrogens with zero attached hydrogens (tertiary/aromatic N) is 2. The minimum absolute atomic E-state index is 0.680. The van der Waals surface area contributed by atoms with E-state index in [-0.39, 0.29) is 0 Å². The second-order valence-electron chi connectivity index (χ2n) is 9.05. The van der Waals surface area contributed by atoms with Crippen molar-refractivity contribution in [3.8, 4) is 0 Å². The molecule has 0 radical (unpaired) electrons. The van der Waals surface area contributed by atoms with Gasteiger partial charge in [0.2, 0.25) is 0 Å². The van der Waals surface area contributed by atoms with Gasteiger partial charge in [-0.25, -0.2) is 0 Å². The van der Waals surface area contributed by atoms with E-state index >= 15 is 0 Å². The summed E-state index contributed by atoms with van der Waals surface area (Å²) in [5, 5.41) is 1.46. The smallest absolute Gasteiger partial charge is 0.123 e. The van der Waals surface area contributed by atoms with Crippen molar-refractivity contribution in [1.82, 2.24) is 9.47 Å². The minimum atomic E-state index is -1.03. The van der Waals surface area contributed by atoms with E-state index in [1.54, 1.807) is 11.3 Å². The minimum Gasteiger partial charge on any atom is -0.361 e. The molecule has 1 aromatic carbocycles. The molecule has 0 spiro atoms. The van der Waals surface area contributed by atoms with Crippen LogP contribution in [-0.2, 0) is 17.9 Å². The number of rotatable bonds is 5. The SMILES string of the molecule is C[Si](C)(C)CCOCn1c2c(c3ccccc31)CCN1CCCC2C1. The van der Waals surface area contributed by atoms with Crippen molar-refractivity contribution in [2.45, 2.75) is 57.6 Å². The molecule has 2 unspecified atom stereocenters. The molecule has 0 amide bonds. The molecule has 2 aliphatic rings. The molecular weight excluding hydrogens is 324 g/mol. The van der Waals surface area contributed by atoms with Crippen molar-refractivity contribution >= 4 is 19.0 Å². The summed E-state index contributed by atoms with van der Waals surface area (Å²) in [6, 6.07) is 10.2. The van der Waals surface area contributed by atoms with Gasteiger partial charge in [0.1, 0.15) is 6.73 Å². The second kappa shape index (κ2) is 6.90. The Bertz CT molecular complexity index is 746. The number of ether oxygens (including phenoxy) is 1. The van der Waals surface area contributed by atoms with Crippen LogP contribution in [0.5, 0.6) is 0 Å². The van der Waals surface area contributed by atoms with E-state index in [0.717, 1.165) is 13.3 Å². The molecule has 2 aromatic rings. The highest BCUT2D eigenvalue weighted by Crippen LogP contribution is 2.38. The fourth-order valence-electron chi connectivity index (χ4n) is 4.55. The van der Waals surface area contributed by atoms with Crippen molar-refractivity contribution in [2.75, 3.05) is 26.2 Å². The Morgan fingerprint density at radius 1 is 1.16 bits per heavy atom. The zero-order valence-corrected chi connectivity index (χ0v) is 17.1. The molecular formula is C21H32N2OSi. The lowest BCUT2D eigenvalue weighted by molar-refractivity contribution is 0.0864. The van der Waals surface area contributed by atoms with Gasteiger partial charge in [0.25, 0.3) is 0 Å². The number of hydrogen-bond acceptors (Lipinski definition) is 2. The topological polar surface area (TPSA) is 17.4 Å². The van der Waals surface area contributed by atoms with Crippen LogP contribution in [0.2, 0.25) is 25.7 Å². The first-order valence-corrected chi connectivity index (χ1v) is 13.6. The molecule has 0 saturated carbocycles. The molecule has 4 heteroatoms. The summed E-state index contributed by atoms with van der Waals surface area (Å²) in [6.45, 7) is 12.6. The molecule has 2 bridgehead atoms. The first-order chi connectivity index (χ1) is 12.0. The fraction of sp³-hybridized carbons (Fsp3) is 0.619. The van der Waals surface area contributed by atoms with E-state index < -0.39 is 8.07 Å². The molecule has 0 aliphatic carbocycles. The van der Waals surface area contributed by atoms with Crippen molar-refractivity contribution in [1.29, 1.82) is 0 Å².